The van der Waals surface area contributed by atoms with Crippen LogP contribution in [-0.2, 0) is 15.9 Å². The molecular formula is C13H19BrO3. The molecular weight excluding hydrogens is 284 g/mol. The number of benzene rings is 1. The van der Waals surface area contributed by atoms with Crippen molar-refractivity contribution in [2.45, 2.75) is 26.6 Å². The molecule has 0 aliphatic carbocycles. The molecule has 0 N–H and O–H groups in total. The first-order chi connectivity index (χ1) is 8.21. The molecule has 1 aromatic carbocycles. The Labute approximate surface area is 111 Å². The van der Waals surface area contributed by atoms with Gasteiger partial charge < -0.3 is 14.2 Å². The Kier molecular flexibility index (Phi) is 6.55. The van der Waals surface area contributed by atoms with Crippen molar-refractivity contribution in [3.8, 4) is 5.75 Å². The lowest BCUT2D eigenvalue weighted by atomic mass is 10.1. The van der Waals surface area contributed by atoms with Crippen LogP contribution < -0.4 is 4.74 Å². The smallest absolute Gasteiger partial charge is 0.161 e. The third-order valence-corrected chi connectivity index (χ3v) is 3.12. The van der Waals surface area contributed by atoms with E-state index in [4.69, 9.17) is 14.2 Å². The first-order valence-electron chi connectivity index (χ1n) is 5.76. The normalized spacial score (nSPS) is 10.9. The Morgan fingerprint density at radius 1 is 1.18 bits per heavy atom. The predicted molar refractivity (Wildman–Crippen MR) is 71.4 cm³/mol. The van der Waals surface area contributed by atoms with E-state index >= 15 is 0 Å². The van der Waals surface area contributed by atoms with Crippen molar-refractivity contribution < 1.29 is 14.2 Å². The zero-order valence-electron chi connectivity index (χ0n) is 10.5. The van der Waals surface area contributed by atoms with Crippen LogP contribution in [0.25, 0.3) is 0 Å². The highest BCUT2D eigenvalue weighted by Gasteiger charge is 2.12. The summed E-state index contributed by atoms with van der Waals surface area (Å²) in [6.07, 6.45) is 0.507. The SMILES string of the molecule is CCOC(Cc1cc(OC)ccc1Br)OCC. The molecule has 0 heterocycles. The van der Waals surface area contributed by atoms with Gasteiger partial charge in [-0.15, -0.1) is 0 Å². The van der Waals surface area contributed by atoms with Crippen LogP contribution in [0.2, 0.25) is 0 Å². The van der Waals surface area contributed by atoms with Crippen LogP contribution in [0, 0.1) is 0 Å². The monoisotopic (exact) mass is 302 g/mol. The average Bonchev–Trinajstić information content (AvgIpc) is 2.32. The van der Waals surface area contributed by atoms with Crippen LogP contribution in [0.15, 0.2) is 22.7 Å². The Morgan fingerprint density at radius 2 is 1.82 bits per heavy atom. The highest BCUT2D eigenvalue weighted by atomic mass is 79.9. The zero-order chi connectivity index (χ0) is 12.7. The molecule has 0 unspecified atom stereocenters. The Bertz CT molecular complexity index is 335. The summed E-state index contributed by atoms with van der Waals surface area (Å²) < 4.78 is 17.3. The number of rotatable bonds is 7. The third kappa shape index (κ3) is 4.66. The average molecular weight is 303 g/mol. The zero-order valence-corrected chi connectivity index (χ0v) is 12.1. The second-order valence-corrected chi connectivity index (χ2v) is 4.36. The first-order valence-corrected chi connectivity index (χ1v) is 6.56. The van der Waals surface area contributed by atoms with E-state index in [1.54, 1.807) is 7.11 Å². The molecule has 0 aliphatic heterocycles. The standard InChI is InChI=1S/C13H19BrO3/c1-4-16-13(17-5-2)9-10-8-11(15-3)6-7-12(10)14/h6-8,13H,4-5,9H2,1-3H3. The highest BCUT2D eigenvalue weighted by Crippen LogP contribution is 2.24. The lowest BCUT2D eigenvalue weighted by Crippen LogP contribution is -2.20. The fourth-order valence-corrected chi connectivity index (χ4v) is 1.96. The molecule has 17 heavy (non-hydrogen) atoms. The quantitative estimate of drug-likeness (QED) is 0.723. The number of ether oxygens (including phenoxy) is 3. The van der Waals surface area contributed by atoms with Gasteiger partial charge in [0.15, 0.2) is 6.29 Å². The van der Waals surface area contributed by atoms with Crippen molar-refractivity contribution in [3.63, 3.8) is 0 Å². The lowest BCUT2D eigenvalue weighted by Gasteiger charge is -2.18. The summed E-state index contributed by atoms with van der Waals surface area (Å²) in [6.45, 7) is 5.22. The van der Waals surface area contributed by atoms with Gasteiger partial charge in [-0.1, -0.05) is 15.9 Å². The summed E-state index contributed by atoms with van der Waals surface area (Å²) in [5.41, 5.74) is 1.12. The van der Waals surface area contributed by atoms with Crippen molar-refractivity contribution in [2.24, 2.45) is 0 Å². The van der Waals surface area contributed by atoms with Gasteiger partial charge in [-0.3, -0.25) is 0 Å². The molecule has 0 spiro atoms. The van der Waals surface area contributed by atoms with Crippen LogP contribution in [0.1, 0.15) is 19.4 Å². The fourth-order valence-electron chi connectivity index (χ4n) is 1.55. The van der Waals surface area contributed by atoms with E-state index in [2.05, 4.69) is 15.9 Å². The molecule has 3 nitrogen and oxygen atoms in total. The number of hydrogen-bond donors (Lipinski definition) is 0. The molecule has 0 fully saturated rings. The second kappa shape index (κ2) is 7.69. The molecule has 0 radical (unpaired) electrons. The molecule has 0 aliphatic rings. The fraction of sp³-hybridized carbons (Fsp3) is 0.538. The van der Waals surface area contributed by atoms with E-state index in [0.29, 0.717) is 19.6 Å². The van der Waals surface area contributed by atoms with Crippen LogP contribution in [0.5, 0.6) is 5.75 Å². The molecule has 1 aromatic rings. The van der Waals surface area contributed by atoms with Gasteiger partial charge in [-0.25, -0.2) is 0 Å². The Balaban J connectivity index is 2.76. The molecule has 1 rings (SSSR count). The van der Waals surface area contributed by atoms with Gasteiger partial charge in [0.1, 0.15) is 5.75 Å². The van der Waals surface area contributed by atoms with Crippen LogP contribution in [0.4, 0.5) is 0 Å². The van der Waals surface area contributed by atoms with Gasteiger partial charge >= 0.3 is 0 Å². The summed E-state index contributed by atoms with van der Waals surface area (Å²) in [6, 6.07) is 5.89. The molecule has 4 heteroatoms. The lowest BCUT2D eigenvalue weighted by molar-refractivity contribution is -0.134. The van der Waals surface area contributed by atoms with Crippen LogP contribution in [-0.4, -0.2) is 26.6 Å². The van der Waals surface area contributed by atoms with Gasteiger partial charge in [0.25, 0.3) is 0 Å². The van der Waals surface area contributed by atoms with Gasteiger partial charge in [0, 0.05) is 24.1 Å². The second-order valence-electron chi connectivity index (χ2n) is 3.50. The minimum atomic E-state index is -0.201. The molecule has 0 atom stereocenters. The van der Waals surface area contributed by atoms with Crippen LogP contribution in [0.3, 0.4) is 0 Å². The van der Waals surface area contributed by atoms with Crippen molar-refractivity contribution in [1.82, 2.24) is 0 Å². The van der Waals surface area contributed by atoms with Gasteiger partial charge in [-0.05, 0) is 37.6 Å². The van der Waals surface area contributed by atoms with Crippen LogP contribution >= 0.6 is 15.9 Å². The van der Waals surface area contributed by atoms with E-state index in [0.717, 1.165) is 15.8 Å². The molecule has 0 amide bonds. The number of halogens is 1. The first kappa shape index (κ1) is 14.5. The van der Waals surface area contributed by atoms with Crippen molar-refractivity contribution in [2.75, 3.05) is 20.3 Å². The Hall–Kier alpha value is -0.580. The topological polar surface area (TPSA) is 27.7 Å². The van der Waals surface area contributed by atoms with E-state index in [-0.39, 0.29) is 6.29 Å². The van der Waals surface area contributed by atoms with E-state index in [1.165, 1.54) is 0 Å². The van der Waals surface area contributed by atoms with Gasteiger partial charge in [-0.2, -0.15) is 0 Å². The van der Waals surface area contributed by atoms with E-state index < -0.39 is 0 Å². The summed E-state index contributed by atoms with van der Waals surface area (Å²) in [5, 5.41) is 0. The third-order valence-electron chi connectivity index (χ3n) is 2.34. The summed E-state index contributed by atoms with van der Waals surface area (Å²) >= 11 is 3.52. The van der Waals surface area contributed by atoms with Crippen molar-refractivity contribution in [1.29, 1.82) is 0 Å². The highest BCUT2D eigenvalue weighted by molar-refractivity contribution is 9.10. The minimum Gasteiger partial charge on any atom is -0.497 e. The largest absolute Gasteiger partial charge is 0.497 e. The van der Waals surface area contributed by atoms with Crippen molar-refractivity contribution in [3.05, 3.63) is 28.2 Å². The number of methoxy groups -OCH3 is 1. The maximum atomic E-state index is 5.53. The maximum Gasteiger partial charge on any atom is 0.161 e. The molecule has 96 valence electrons. The summed E-state index contributed by atoms with van der Waals surface area (Å²) in [4.78, 5) is 0. The Morgan fingerprint density at radius 3 is 2.35 bits per heavy atom. The maximum absolute atomic E-state index is 5.53. The predicted octanol–water partition coefficient (Wildman–Crippen LogP) is 3.40. The summed E-state index contributed by atoms with van der Waals surface area (Å²) in [7, 11) is 1.66. The number of hydrogen-bond acceptors (Lipinski definition) is 3. The van der Waals surface area contributed by atoms with E-state index in [1.807, 2.05) is 32.0 Å². The van der Waals surface area contributed by atoms with Crippen molar-refractivity contribution >= 4 is 15.9 Å². The molecule has 0 bridgehead atoms. The molecule has 0 aromatic heterocycles. The summed E-state index contributed by atoms with van der Waals surface area (Å²) in [5.74, 6) is 0.843. The molecule has 0 saturated heterocycles. The van der Waals surface area contributed by atoms with Gasteiger partial charge in [0.2, 0.25) is 0 Å². The van der Waals surface area contributed by atoms with E-state index in [9.17, 15) is 0 Å². The van der Waals surface area contributed by atoms with Gasteiger partial charge in [0.05, 0.1) is 7.11 Å². The molecule has 0 saturated carbocycles. The minimum absolute atomic E-state index is 0.201.